The van der Waals surface area contributed by atoms with Crippen LogP contribution in [0.15, 0.2) is 65.8 Å². The first kappa shape index (κ1) is 19.9. The highest BCUT2D eigenvalue weighted by Crippen LogP contribution is 2.30. The van der Waals surface area contributed by atoms with Gasteiger partial charge in [0.1, 0.15) is 0 Å². The van der Waals surface area contributed by atoms with E-state index in [1.165, 1.54) is 30.7 Å². The summed E-state index contributed by atoms with van der Waals surface area (Å²) in [4.78, 5) is 0.143. The molecule has 0 saturated carbocycles. The van der Waals surface area contributed by atoms with E-state index in [1.807, 2.05) is 36.5 Å². The number of ether oxygens (including phenoxy) is 2. The van der Waals surface area contributed by atoms with Gasteiger partial charge in [-0.2, -0.15) is 9.40 Å². The van der Waals surface area contributed by atoms with Gasteiger partial charge in [-0.25, -0.2) is 8.42 Å². The van der Waals surface area contributed by atoms with Crippen LogP contribution in [-0.2, 0) is 23.1 Å². The average Bonchev–Trinajstić information content (AvgIpc) is 3.14. The molecule has 0 amide bonds. The molecule has 3 aromatic rings. The molecule has 0 bridgehead atoms. The molecule has 0 radical (unpaired) electrons. The van der Waals surface area contributed by atoms with Crippen molar-refractivity contribution < 1.29 is 17.9 Å². The lowest BCUT2D eigenvalue weighted by molar-refractivity contribution is 0.353. The Morgan fingerprint density at radius 1 is 1.00 bits per heavy atom. The van der Waals surface area contributed by atoms with Crippen molar-refractivity contribution in [3.05, 3.63) is 72.1 Å². The maximum Gasteiger partial charge on any atom is 0.243 e. The highest BCUT2D eigenvalue weighted by atomic mass is 32.2. The summed E-state index contributed by atoms with van der Waals surface area (Å²) in [7, 11) is 0.835. The Balaban J connectivity index is 1.74. The number of sulfonamides is 1. The van der Waals surface area contributed by atoms with Gasteiger partial charge in [0.2, 0.25) is 10.0 Å². The van der Waals surface area contributed by atoms with Gasteiger partial charge in [0.15, 0.2) is 11.5 Å². The maximum absolute atomic E-state index is 12.9. The van der Waals surface area contributed by atoms with Crippen molar-refractivity contribution in [1.29, 1.82) is 0 Å². The summed E-state index contributed by atoms with van der Waals surface area (Å²) < 4.78 is 39.3. The van der Waals surface area contributed by atoms with Gasteiger partial charge in [-0.15, -0.1) is 0 Å². The second kappa shape index (κ2) is 8.45. The molecular weight excluding hydrogens is 378 g/mol. The second-order valence-electron chi connectivity index (χ2n) is 6.31. The molecular formula is C20H23N3O4S. The van der Waals surface area contributed by atoms with Crippen LogP contribution in [0.3, 0.4) is 0 Å². The molecule has 28 heavy (non-hydrogen) atoms. The highest BCUT2D eigenvalue weighted by molar-refractivity contribution is 7.89. The topological polar surface area (TPSA) is 73.7 Å². The summed E-state index contributed by atoms with van der Waals surface area (Å²) in [5.74, 6) is 0.846. The van der Waals surface area contributed by atoms with Crippen LogP contribution >= 0.6 is 0 Å². The van der Waals surface area contributed by atoms with Crippen LogP contribution in [0.2, 0.25) is 0 Å². The third-order valence-corrected chi connectivity index (χ3v) is 6.14. The SMILES string of the molecule is COc1ccc(S(=O)(=O)N(C)Cc2cnn(Cc3ccccc3)c2)cc1OC. The zero-order valence-corrected chi connectivity index (χ0v) is 16.9. The molecule has 0 N–H and O–H groups in total. The summed E-state index contributed by atoms with van der Waals surface area (Å²) in [5, 5.41) is 4.33. The minimum Gasteiger partial charge on any atom is -0.493 e. The summed E-state index contributed by atoms with van der Waals surface area (Å²) in [6, 6.07) is 14.5. The number of benzene rings is 2. The number of nitrogens with zero attached hydrogens (tertiary/aromatic N) is 3. The van der Waals surface area contributed by atoms with Gasteiger partial charge >= 0.3 is 0 Å². The van der Waals surface area contributed by atoms with Gasteiger partial charge in [0, 0.05) is 31.4 Å². The van der Waals surface area contributed by atoms with Gasteiger partial charge in [0.25, 0.3) is 0 Å². The zero-order chi connectivity index (χ0) is 20.1. The Hall–Kier alpha value is -2.84. The van der Waals surface area contributed by atoms with Crippen LogP contribution in [0.4, 0.5) is 0 Å². The van der Waals surface area contributed by atoms with E-state index in [0.29, 0.717) is 18.0 Å². The van der Waals surface area contributed by atoms with E-state index in [4.69, 9.17) is 9.47 Å². The van der Waals surface area contributed by atoms with Crippen molar-refractivity contribution in [3.63, 3.8) is 0 Å². The van der Waals surface area contributed by atoms with Crippen molar-refractivity contribution in [2.24, 2.45) is 0 Å². The largest absolute Gasteiger partial charge is 0.493 e. The molecule has 0 saturated heterocycles. The average molecular weight is 401 g/mol. The Morgan fingerprint density at radius 2 is 1.71 bits per heavy atom. The van der Waals surface area contributed by atoms with Crippen LogP contribution in [0.25, 0.3) is 0 Å². The molecule has 0 atom stereocenters. The first-order valence-electron chi connectivity index (χ1n) is 8.67. The number of hydrogen-bond acceptors (Lipinski definition) is 5. The van der Waals surface area contributed by atoms with Crippen molar-refractivity contribution in [3.8, 4) is 11.5 Å². The number of rotatable bonds is 8. The monoisotopic (exact) mass is 401 g/mol. The molecule has 3 rings (SSSR count). The molecule has 148 valence electrons. The lowest BCUT2D eigenvalue weighted by Gasteiger charge is -2.17. The molecule has 1 heterocycles. The van der Waals surface area contributed by atoms with Crippen LogP contribution in [0, 0.1) is 0 Å². The van der Waals surface area contributed by atoms with E-state index in [0.717, 1.165) is 11.1 Å². The van der Waals surface area contributed by atoms with E-state index in [1.54, 1.807) is 24.0 Å². The summed E-state index contributed by atoms with van der Waals surface area (Å²) >= 11 is 0. The van der Waals surface area contributed by atoms with Crippen molar-refractivity contribution in [1.82, 2.24) is 14.1 Å². The van der Waals surface area contributed by atoms with Gasteiger partial charge < -0.3 is 9.47 Å². The smallest absolute Gasteiger partial charge is 0.243 e. The number of methoxy groups -OCH3 is 2. The molecule has 1 aromatic heterocycles. The van der Waals surface area contributed by atoms with E-state index >= 15 is 0 Å². The first-order chi connectivity index (χ1) is 13.4. The Bertz CT molecular complexity index is 1030. The van der Waals surface area contributed by atoms with Crippen LogP contribution < -0.4 is 9.47 Å². The molecule has 7 nitrogen and oxygen atoms in total. The molecule has 0 spiro atoms. The van der Waals surface area contributed by atoms with Crippen LogP contribution in [-0.4, -0.2) is 43.8 Å². The van der Waals surface area contributed by atoms with Crippen LogP contribution in [0.1, 0.15) is 11.1 Å². The normalized spacial score (nSPS) is 11.6. The van der Waals surface area contributed by atoms with Crippen molar-refractivity contribution in [2.45, 2.75) is 18.0 Å². The summed E-state index contributed by atoms with van der Waals surface area (Å²) in [5.41, 5.74) is 1.94. The predicted octanol–water partition coefficient (Wildman–Crippen LogP) is 2.77. The molecule has 8 heteroatoms. The van der Waals surface area contributed by atoms with Crippen molar-refractivity contribution in [2.75, 3.05) is 21.3 Å². The minimum atomic E-state index is -3.68. The molecule has 0 aliphatic rings. The fourth-order valence-electron chi connectivity index (χ4n) is 2.84. The van der Waals surface area contributed by atoms with Crippen molar-refractivity contribution >= 4 is 10.0 Å². The highest BCUT2D eigenvalue weighted by Gasteiger charge is 2.23. The lowest BCUT2D eigenvalue weighted by atomic mass is 10.2. The number of hydrogen-bond donors (Lipinski definition) is 0. The third-order valence-electron chi connectivity index (χ3n) is 4.34. The van der Waals surface area contributed by atoms with E-state index in [-0.39, 0.29) is 11.4 Å². The van der Waals surface area contributed by atoms with E-state index in [9.17, 15) is 8.42 Å². The van der Waals surface area contributed by atoms with Gasteiger partial charge in [-0.1, -0.05) is 30.3 Å². The Labute approximate surface area is 165 Å². The lowest BCUT2D eigenvalue weighted by Crippen LogP contribution is -2.26. The van der Waals surface area contributed by atoms with E-state index in [2.05, 4.69) is 5.10 Å². The Kier molecular flexibility index (Phi) is 6.01. The minimum absolute atomic E-state index is 0.143. The van der Waals surface area contributed by atoms with E-state index < -0.39 is 10.0 Å². The second-order valence-corrected chi connectivity index (χ2v) is 8.35. The molecule has 0 aliphatic carbocycles. The molecule has 0 unspecified atom stereocenters. The summed E-state index contributed by atoms with van der Waals surface area (Å²) in [6.07, 6.45) is 3.54. The number of aromatic nitrogens is 2. The van der Waals surface area contributed by atoms with Gasteiger partial charge in [-0.05, 0) is 17.7 Å². The molecule has 2 aromatic carbocycles. The van der Waals surface area contributed by atoms with Crippen LogP contribution in [0.5, 0.6) is 11.5 Å². The standard InChI is InChI=1S/C20H23N3O4S/c1-22(28(24,25)18-9-10-19(26-2)20(11-18)27-3)13-17-12-21-23(15-17)14-16-7-5-4-6-8-16/h4-12,15H,13-14H2,1-3H3. The quantitative estimate of drug-likeness (QED) is 0.580. The summed E-state index contributed by atoms with van der Waals surface area (Å²) in [6.45, 7) is 0.846. The molecule has 0 aliphatic heterocycles. The van der Waals surface area contributed by atoms with Gasteiger partial charge in [0.05, 0.1) is 31.9 Å². The third kappa shape index (κ3) is 4.35. The maximum atomic E-state index is 12.9. The fraction of sp³-hybridized carbons (Fsp3) is 0.250. The van der Waals surface area contributed by atoms with Gasteiger partial charge in [-0.3, -0.25) is 4.68 Å². The first-order valence-corrected chi connectivity index (χ1v) is 10.1. The predicted molar refractivity (Wildman–Crippen MR) is 106 cm³/mol. The Morgan fingerprint density at radius 3 is 2.39 bits per heavy atom. The fourth-order valence-corrected chi connectivity index (χ4v) is 4.02. The molecule has 0 fully saturated rings. The zero-order valence-electron chi connectivity index (χ0n) is 16.1.